The van der Waals surface area contributed by atoms with Crippen LogP contribution >= 0.6 is 0 Å². The summed E-state index contributed by atoms with van der Waals surface area (Å²) in [5, 5.41) is 0. The van der Waals surface area contributed by atoms with Gasteiger partial charge in [0.15, 0.2) is 0 Å². The van der Waals surface area contributed by atoms with Crippen molar-refractivity contribution in [2.24, 2.45) is 5.41 Å². The van der Waals surface area contributed by atoms with Gasteiger partial charge in [0.2, 0.25) is 0 Å². The van der Waals surface area contributed by atoms with Gasteiger partial charge < -0.3 is 23.8 Å². The summed E-state index contributed by atoms with van der Waals surface area (Å²) >= 11 is 0. The first kappa shape index (κ1) is 49.4. The van der Waals surface area contributed by atoms with E-state index in [2.05, 4.69) is 81.3 Å². The Bertz CT molecular complexity index is 1010. The maximum absolute atomic E-state index is 13.2. The Morgan fingerprint density at radius 1 is 0.618 bits per heavy atom. The highest BCUT2D eigenvalue weighted by Gasteiger charge is 2.42. The van der Waals surface area contributed by atoms with Crippen molar-refractivity contribution in [3.63, 3.8) is 0 Å². The molecule has 2 saturated heterocycles. The lowest BCUT2D eigenvalue weighted by molar-refractivity contribution is -0.163. The molecule has 2 rings (SSSR count). The van der Waals surface area contributed by atoms with Gasteiger partial charge in [-0.15, -0.1) is 0 Å². The van der Waals surface area contributed by atoms with Crippen molar-refractivity contribution in [1.82, 2.24) is 4.90 Å². The highest BCUT2D eigenvalue weighted by Crippen LogP contribution is 2.32. The van der Waals surface area contributed by atoms with E-state index in [4.69, 9.17) is 18.9 Å². The third-order valence-corrected chi connectivity index (χ3v) is 11.5. The number of rotatable bonds is 35. The van der Waals surface area contributed by atoms with E-state index < -0.39 is 5.41 Å². The fourth-order valence-corrected chi connectivity index (χ4v) is 7.43. The molecule has 0 saturated carbocycles. The second-order valence-corrected chi connectivity index (χ2v) is 16.7. The second kappa shape index (κ2) is 34.3. The van der Waals surface area contributed by atoms with Gasteiger partial charge >= 0.3 is 5.97 Å². The smallest absolute Gasteiger partial charge is 0.311 e. The van der Waals surface area contributed by atoms with Crippen LogP contribution in [0.2, 0.25) is 0 Å². The van der Waals surface area contributed by atoms with Gasteiger partial charge in [0.25, 0.3) is 0 Å². The highest BCUT2D eigenvalue weighted by molar-refractivity contribution is 5.76. The van der Waals surface area contributed by atoms with Crippen molar-refractivity contribution in [1.29, 1.82) is 0 Å². The molecular formula is C49H87NO5. The third kappa shape index (κ3) is 25.3. The van der Waals surface area contributed by atoms with Gasteiger partial charge in [0.05, 0.1) is 12.0 Å². The van der Waals surface area contributed by atoms with Gasteiger partial charge in [-0.2, -0.15) is 0 Å². The van der Waals surface area contributed by atoms with Crippen LogP contribution in [-0.4, -0.2) is 75.7 Å². The number of allylic oxidation sites excluding steroid dienone is 8. The molecule has 6 nitrogen and oxygen atoms in total. The number of likely N-dealkylation sites (tertiary alicyclic amines) is 1. The van der Waals surface area contributed by atoms with Crippen LogP contribution in [0.3, 0.4) is 0 Å². The molecule has 55 heavy (non-hydrogen) atoms. The lowest BCUT2D eigenvalue weighted by Gasteiger charge is -2.36. The van der Waals surface area contributed by atoms with Crippen LogP contribution in [-0.2, 0) is 23.7 Å². The van der Waals surface area contributed by atoms with E-state index >= 15 is 0 Å². The zero-order valence-corrected chi connectivity index (χ0v) is 36.5. The summed E-state index contributed by atoms with van der Waals surface area (Å²) < 4.78 is 25.0. The Kier molecular flexibility index (Phi) is 30.8. The molecule has 6 heteroatoms. The molecule has 0 aliphatic carbocycles. The first-order chi connectivity index (χ1) is 27.0. The summed E-state index contributed by atoms with van der Waals surface area (Å²) in [7, 11) is 2.12. The van der Waals surface area contributed by atoms with Crippen LogP contribution in [0.4, 0.5) is 0 Å². The average molecular weight is 770 g/mol. The number of carbonyl (C=O) groups excluding carboxylic acids is 1. The number of piperidine rings is 1. The number of nitrogens with zero attached hydrogens (tertiary/aromatic N) is 1. The van der Waals surface area contributed by atoms with E-state index in [0.29, 0.717) is 13.2 Å². The molecule has 3 atom stereocenters. The van der Waals surface area contributed by atoms with Gasteiger partial charge in [-0.3, -0.25) is 4.79 Å². The molecule has 2 aliphatic rings. The number of ether oxygens (including phenoxy) is 4. The predicted molar refractivity (Wildman–Crippen MR) is 234 cm³/mol. The van der Waals surface area contributed by atoms with E-state index in [1.165, 1.54) is 128 Å². The zero-order chi connectivity index (χ0) is 39.5. The first-order valence-electron chi connectivity index (χ1n) is 23.3. The Balaban J connectivity index is 1.62. The number of esters is 1. The molecule has 318 valence electrons. The summed E-state index contributed by atoms with van der Waals surface area (Å²) in [6.45, 7) is 10.6. The molecule has 2 fully saturated rings. The topological polar surface area (TPSA) is 57.2 Å². The Morgan fingerprint density at radius 3 is 1.55 bits per heavy atom. The molecule has 0 amide bonds. The van der Waals surface area contributed by atoms with E-state index in [0.717, 1.165) is 58.2 Å². The maximum Gasteiger partial charge on any atom is 0.311 e. The van der Waals surface area contributed by atoms with Crippen molar-refractivity contribution in [3.05, 3.63) is 48.6 Å². The van der Waals surface area contributed by atoms with Crippen LogP contribution in [0, 0.1) is 5.41 Å². The fraction of sp³-hybridized carbons (Fsp3) is 0.816. The third-order valence-electron chi connectivity index (χ3n) is 11.5. The molecular weight excluding hydrogens is 683 g/mol. The minimum Gasteiger partial charge on any atom is -0.462 e. The summed E-state index contributed by atoms with van der Waals surface area (Å²) in [6, 6.07) is 0. The summed E-state index contributed by atoms with van der Waals surface area (Å²) in [5.74, 6) is -0.0983. The molecule has 0 N–H and O–H groups in total. The summed E-state index contributed by atoms with van der Waals surface area (Å²) in [4.78, 5) is 15.4. The molecule has 0 bridgehead atoms. The number of hydrogen-bond donors (Lipinski definition) is 0. The van der Waals surface area contributed by atoms with Crippen LogP contribution in [0.5, 0.6) is 0 Å². The Labute approximate surface area is 340 Å². The molecule has 0 spiro atoms. The Hall–Kier alpha value is -1.73. The van der Waals surface area contributed by atoms with Gasteiger partial charge in [0, 0.05) is 13.2 Å². The van der Waals surface area contributed by atoms with Crippen molar-refractivity contribution < 1.29 is 23.7 Å². The molecule has 0 aromatic carbocycles. The van der Waals surface area contributed by atoms with Crippen molar-refractivity contribution >= 4 is 5.97 Å². The Morgan fingerprint density at radius 2 is 1.05 bits per heavy atom. The standard InChI is InChI=1S/C49H87NO5/c1-5-7-9-11-13-15-17-19-21-23-25-27-29-31-33-35-41-52-45-43-54-46(44-55-48(51)49(3)37-39-50(4)40-38-49)47(45)53-42-36-34-32-30-28-26-24-22-20-18-16-14-12-10-8-6-2/h13-16,19-22,45-47H,5-12,17-18,23-44H2,1-4H3/b15-13-,16-14-,21-19-,22-20-/t45?,46-,47-/m1/s1. The van der Waals surface area contributed by atoms with Crippen LogP contribution in [0.1, 0.15) is 188 Å². The molecule has 2 heterocycles. The van der Waals surface area contributed by atoms with Crippen molar-refractivity contribution in [2.45, 2.75) is 206 Å². The summed E-state index contributed by atoms with van der Waals surface area (Å²) in [6.07, 6.45) is 49.3. The van der Waals surface area contributed by atoms with Gasteiger partial charge in [-0.25, -0.2) is 0 Å². The lowest BCUT2D eigenvalue weighted by atomic mass is 9.80. The largest absolute Gasteiger partial charge is 0.462 e. The minimum atomic E-state index is -0.417. The van der Waals surface area contributed by atoms with Crippen LogP contribution in [0.25, 0.3) is 0 Å². The number of hydrogen-bond acceptors (Lipinski definition) is 6. The van der Waals surface area contributed by atoms with E-state index in [9.17, 15) is 4.79 Å². The van der Waals surface area contributed by atoms with Crippen molar-refractivity contribution in [2.75, 3.05) is 46.6 Å². The van der Waals surface area contributed by atoms with Crippen LogP contribution < -0.4 is 0 Å². The molecule has 1 unspecified atom stereocenters. The molecule has 0 radical (unpaired) electrons. The highest BCUT2D eigenvalue weighted by atomic mass is 16.6. The zero-order valence-electron chi connectivity index (χ0n) is 36.5. The van der Waals surface area contributed by atoms with E-state index in [1.54, 1.807) is 0 Å². The molecule has 2 aliphatic heterocycles. The monoisotopic (exact) mass is 770 g/mol. The summed E-state index contributed by atoms with van der Waals surface area (Å²) in [5.41, 5.74) is -0.417. The SMILES string of the molecule is CCCCC/C=C\C/C=C\CCCCCCCCOC1CO[C@H](COC(=O)C2(C)CCN(C)CC2)[C@@H]1OCCCCCCCC/C=C\C/C=C\CCCCC. The number of carbonyl (C=O) groups is 1. The lowest BCUT2D eigenvalue weighted by Crippen LogP contribution is -2.43. The normalized spacial score (nSPS) is 20.6. The molecule has 0 aromatic rings. The average Bonchev–Trinajstić information content (AvgIpc) is 3.58. The van der Waals surface area contributed by atoms with Gasteiger partial charge in [0.1, 0.15) is 24.9 Å². The van der Waals surface area contributed by atoms with Gasteiger partial charge in [-0.05, 0) is 117 Å². The predicted octanol–water partition coefficient (Wildman–Crippen LogP) is 13.1. The van der Waals surface area contributed by atoms with E-state index in [-0.39, 0.29) is 30.9 Å². The molecule has 0 aromatic heterocycles. The van der Waals surface area contributed by atoms with Gasteiger partial charge in [-0.1, -0.05) is 140 Å². The minimum absolute atomic E-state index is 0.0983. The fourth-order valence-electron chi connectivity index (χ4n) is 7.43. The quantitative estimate of drug-likeness (QED) is 0.0363. The van der Waals surface area contributed by atoms with E-state index in [1.807, 2.05) is 0 Å². The van der Waals surface area contributed by atoms with Crippen molar-refractivity contribution in [3.8, 4) is 0 Å². The first-order valence-corrected chi connectivity index (χ1v) is 23.3. The number of unbranched alkanes of at least 4 members (excludes halogenated alkanes) is 18. The second-order valence-electron chi connectivity index (χ2n) is 16.7. The maximum atomic E-state index is 13.2. The van der Waals surface area contributed by atoms with Crippen LogP contribution in [0.15, 0.2) is 48.6 Å².